The van der Waals surface area contributed by atoms with E-state index in [1.807, 2.05) is 0 Å². The number of fused-ring (bicyclic) bond motifs is 8. The number of carbonyl (C=O) groups is 6. The van der Waals surface area contributed by atoms with Crippen LogP contribution >= 0.6 is 0 Å². The van der Waals surface area contributed by atoms with E-state index in [1.54, 1.807) is 0 Å². The number of aromatic hydroxyl groups is 15. The molecular weight excluding hydrogens is 1140 g/mol. The number of benzene rings is 6. The monoisotopic (exact) mass is 1180 g/mol. The van der Waals surface area contributed by atoms with Crippen molar-refractivity contribution >= 4 is 41.2 Å². The van der Waals surface area contributed by atoms with Crippen molar-refractivity contribution in [2.24, 2.45) is 5.92 Å². The van der Waals surface area contributed by atoms with Crippen LogP contribution in [0.5, 0.6) is 97.7 Å². The van der Waals surface area contributed by atoms with Crippen LogP contribution in [0.3, 0.4) is 0 Å². The molecule has 30 heteroatoms. The second kappa shape index (κ2) is 18.5. The summed E-state index contributed by atoms with van der Waals surface area (Å²) < 4.78 is 42.5. The largest absolute Gasteiger partial charge is 0.507 e. The minimum absolute atomic E-state index is 0.0519. The van der Waals surface area contributed by atoms with Gasteiger partial charge in [-0.15, -0.1) is 0 Å². The van der Waals surface area contributed by atoms with Crippen LogP contribution in [-0.4, -0.2) is 165 Å². The van der Waals surface area contributed by atoms with Crippen LogP contribution in [0.1, 0.15) is 75.7 Å². The zero-order valence-electron chi connectivity index (χ0n) is 42.1. The Labute approximate surface area is 469 Å². The number of aliphatic hydroxyl groups excluding tert-OH is 2. The smallest absolute Gasteiger partial charge is 0.339 e. The molecule has 0 saturated carbocycles. The summed E-state index contributed by atoms with van der Waals surface area (Å²) in [5, 5.41) is 187. The lowest BCUT2D eigenvalue weighted by molar-refractivity contribution is -0.200. The fourth-order valence-electron chi connectivity index (χ4n) is 11.7. The number of hydrogen-bond donors (Lipinski definition) is 17. The van der Waals surface area contributed by atoms with Gasteiger partial charge in [0, 0.05) is 45.9 Å². The third-order valence-electron chi connectivity index (χ3n) is 15.5. The second-order valence-electron chi connectivity index (χ2n) is 20.2. The molecule has 1 fully saturated rings. The van der Waals surface area contributed by atoms with Gasteiger partial charge in [-0.3, -0.25) is 9.59 Å². The summed E-state index contributed by atoms with van der Waals surface area (Å²) in [6, 6.07) is 6.24. The van der Waals surface area contributed by atoms with E-state index >= 15 is 19.2 Å². The standard InChI is InChI=1S/C55H38O30/c56-18-2-1-12(3-20(18)58)44-26(64)6-14-19(57)10-27-32(45(14)81-44)34-47-48(84-53(77)17-9-25(63)39(68)42(71)31(17)33-35(54(78)83-47)55(34,85-27)49(73)43(33)72)46-28(80-50(74)13-4-21(59)36(65)22(60)5-13)11-79-51(75)15-7-23(61)37(66)40(69)29(15)30-16(52(76)82-46)8-24(62)38(67)41(30)70/h1-5,7-10,26,28,34-35,44,46-48,56-72H,6,11H2/t26-,28-,34+,35?,44-,46-,47+,48+,55+/m1/s1. The van der Waals surface area contributed by atoms with Crippen molar-refractivity contribution in [3.05, 3.63) is 105 Å². The van der Waals surface area contributed by atoms with Gasteiger partial charge in [0.15, 0.2) is 93.4 Å². The van der Waals surface area contributed by atoms with E-state index in [2.05, 4.69) is 0 Å². The van der Waals surface area contributed by atoms with E-state index in [0.29, 0.717) is 30.3 Å². The van der Waals surface area contributed by atoms with Gasteiger partial charge in [0.05, 0.1) is 34.3 Å². The summed E-state index contributed by atoms with van der Waals surface area (Å²) in [4.78, 5) is 90.1. The van der Waals surface area contributed by atoms with Gasteiger partial charge in [0.25, 0.3) is 0 Å². The topological polar surface area (TPSA) is 511 Å². The number of ketones is 1. The van der Waals surface area contributed by atoms with Gasteiger partial charge < -0.3 is 120 Å². The first kappa shape index (κ1) is 54.0. The summed E-state index contributed by atoms with van der Waals surface area (Å²) in [5.74, 6) is -36.5. The van der Waals surface area contributed by atoms with Gasteiger partial charge >= 0.3 is 29.8 Å². The zero-order valence-corrected chi connectivity index (χ0v) is 42.1. The Kier molecular flexibility index (Phi) is 11.8. The Morgan fingerprint density at radius 3 is 1.66 bits per heavy atom. The average Bonchev–Trinajstić information content (AvgIpc) is 1.52. The third-order valence-corrected chi connectivity index (χ3v) is 15.5. The summed E-state index contributed by atoms with van der Waals surface area (Å²) in [5.41, 5.74) is -12.8. The van der Waals surface area contributed by atoms with E-state index in [1.165, 1.54) is 6.07 Å². The lowest BCUT2D eigenvalue weighted by Crippen LogP contribution is -2.65. The Morgan fingerprint density at radius 2 is 1.07 bits per heavy atom. The minimum Gasteiger partial charge on any atom is -0.507 e. The van der Waals surface area contributed by atoms with Gasteiger partial charge in [-0.05, 0) is 48.0 Å². The van der Waals surface area contributed by atoms with Gasteiger partial charge in [-0.1, -0.05) is 6.07 Å². The van der Waals surface area contributed by atoms with Crippen LogP contribution in [-0.2, 0) is 39.7 Å². The van der Waals surface area contributed by atoms with Crippen molar-refractivity contribution in [3.63, 3.8) is 0 Å². The zero-order chi connectivity index (χ0) is 61.1. The predicted octanol–water partition coefficient (Wildman–Crippen LogP) is 2.44. The summed E-state index contributed by atoms with van der Waals surface area (Å²) >= 11 is 0. The second-order valence-corrected chi connectivity index (χ2v) is 20.2. The maximum Gasteiger partial charge on any atom is 0.339 e. The lowest BCUT2D eigenvalue weighted by Gasteiger charge is -2.47. The minimum atomic E-state index is -3.09. The number of aliphatic hydroxyl groups is 2. The molecule has 0 aromatic heterocycles. The van der Waals surface area contributed by atoms with Crippen molar-refractivity contribution in [2.75, 3.05) is 6.61 Å². The number of esters is 5. The van der Waals surface area contributed by atoms with E-state index < -0.39 is 256 Å². The Balaban J connectivity index is 1.15. The fraction of sp³-hybridized carbons (Fsp3) is 0.200. The molecule has 0 amide bonds. The van der Waals surface area contributed by atoms with Gasteiger partial charge in [-0.2, -0.15) is 0 Å². The number of Topliss-reactive ketones (excluding diaryl/α,β-unsaturated/α-hetero) is 1. The number of carbonyl (C=O) groups excluding carboxylic acids is 6. The number of ether oxygens (including phenoxy) is 7. The molecule has 4 bridgehead atoms. The number of cyclic esters (lactones) is 3. The average molecular weight is 1180 g/mol. The molecule has 5 aliphatic heterocycles. The SMILES string of the molecule is O=C(O[C@@H]1COC(=O)c2cc(O)c(O)c(O)c2-c2c(cc(O)c(O)c2O)C(=O)O[C@H]1[C@@H]1OC(=O)c2cc(O)c(O)c(O)c2C2=C(O)C(=O)[C@]34Oc5cc(O)c6c(c5[C@H]3[C@@H]1OC(=O)C24)O[C@H](c1ccc(O)c(O)c1)[C@H](O)C6)c1cc(O)c(O)c(O)c1. The summed E-state index contributed by atoms with van der Waals surface area (Å²) in [7, 11) is 0. The first-order valence-electron chi connectivity index (χ1n) is 24.7. The summed E-state index contributed by atoms with van der Waals surface area (Å²) in [6.07, 6.45) is -14.9. The highest BCUT2D eigenvalue weighted by Crippen LogP contribution is 2.67. The molecule has 12 rings (SSSR count). The predicted molar refractivity (Wildman–Crippen MR) is 268 cm³/mol. The van der Waals surface area contributed by atoms with Crippen molar-refractivity contribution in [1.82, 2.24) is 0 Å². The number of phenolic OH excluding ortho intramolecular Hbond substituents is 15. The molecule has 1 aliphatic carbocycles. The first-order valence-corrected chi connectivity index (χ1v) is 24.7. The van der Waals surface area contributed by atoms with Gasteiger partial charge in [-0.25, -0.2) is 19.2 Å². The molecular formula is C55H38O30. The molecule has 0 radical (unpaired) electrons. The normalized spacial score (nSPS) is 24.5. The van der Waals surface area contributed by atoms with Crippen LogP contribution in [0.15, 0.2) is 60.4 Å². The Bertz CT molecular complexity index is 4100. The Hall–Kier alpha value is -11.6. The van der Waals surface area contributed by atoms with Gasteiger partial charge in [0.2, 0.25) is 28.6 Å². The highest BCUT2D eigenvalue weighted by molar-refractivity contribution is 6.21. The molecule has 6 aliphatic rings. The van der Waals surface area contributed by atoms with Crippen LogP contribution in [0, 0.1) is 5.92 Å². The van der Waals surface area contributed by atoms with E-state index in [0.717, 1.165) is 18.2 Å². The molecule has 6 aromatic rings. The van der Waals surface area contributed by atoms with Crippen molar-refractivity contribution in [2.45, 2.75) is 54.6 Å². The quantitative estimate of drug-likeness (QED) is 0.0684. The van der Waals surface area contributed by atoms with E-state index in [9.17, 15) is 96.4 Å². The molecule has 1 spiro atoms. The van der Waals surface area contributed by atoms with Crippen LogP contribution in [0.25, 0.3) is 16.7 Å². The molecule has 1 unspecified atom stereocenters. The number of phenols is 15. The highest BCUT2D eigenvalue weighted by atomic mass is 16.6. The number of hydrogen-bond acceptors (Lipinski definition) is 30. The molecule has 6 aromatic carbocycles. The molecule has 30 nitrogen and oxygen atoms in total. The highest BCUT2D eigenvalue weighted by Gasteiger charge is 2.76. The summed E-state index contributed by atoms with van der Waals surface area (Å²) in [6.45, 7) is -1.57. The molecule has 5 heterocycles. The maximum absolute atomic E-state index is 15.4. The molecule has 438 valence electrons. The molecule has 85 heavy (non-hydrogen) atoms. The molecule has 17 N–H and O–H groups in total. The lowest BCUT2D eigenvalue weighted by atomic mass is 9.66. The van der Waals surface area contributed by atoms with E-state index in [4.69, 9.17) is 33.2 Å². The van der Waals surface area contributed by atoms with Gasteiger partial charge in [0.1, 0.15) is 35.9 Å². The van der Waals surface area contributed by atoms with Crippen molar-refractivity contribution < 1.29 is 149 Å². The first-order chi connectivity index (χ1) is 40.2. The molecule has 1 saturated heterocycles. The van der Waals surface area contributed by atoms with Crippen LogP contribution < -0.4 is 9.47 Å². The maximum atomic E-state index is 15.4. The number of rotatable bonds is 4. The van der Waals surface area contributed by atoms with Crippen LogP contribution in [0.4, 0.5) is 0 Å². The van der Waals surface area contributed by atoms with Crippen molar-refractivity contribution in [3.8, 4) is 109 Å². The van der Waals surface area contributed by atoms with Crippen LogP contribution in [0.2, 0.25) is 0 Å². The van der Waals surface area contributed by atoms with E-state index in [-0.39, 0.29) is 11.1 Å². The van der Waals surface area contributed by atoms with Crippen molar-refractivity contribution in [1.29, 1.82) is 0 Å². The fourth-order valence-corrected chi connectivity index (χ4v) is 11.7. The Morgan fingerprint density at radius 1 is 0.529 bits per heavy atom. The third kappa shape index (κ3) is 7.60. The molecule has 9 atom stereocenters.